The Hall–Kier alpha value is -0.320. The number of carbonyl (C=O) groups excluding carboxylic acids is 1. The standard InChI is InChI=1S/C15H26N2O2.ClH/c1-11-8-17(9-12(2)19-11)14(18)15-6-4-3-5-13(15)7-16-10-15;/h11-13,16H,3-10H2,1-2H3;1H/t11?,12?,13-,15+;/m0./s1. The largest absolute Gasteiger partial charge is 0.372 e. The van der Waals surface area contributed by atoms with E-state index in [1.807, 2.05) is 0 Å². The molecule has 2 heterocycles. The van der Waals surface area contributed by atoms with Crippen LogP contribution in [0, 0.1) is 11.3 Å². The highest BCUT2D eigenvalue weighted by atomic mass is 35.5. The minimum Gasteiger partial charge on any atom is -0.372 e. The minimum absolute atomic E-state index is 0. The van der Waals surface area contributed by atoms with Gasteiger partial charge in [-0.25, -0.2) is 0 Å². The van der Waals surface area contributed by atoms with Crippen molar-refractivity contribution in [2.45, 2.75) is 51.7 Å². The van der Waals surface area contributed by atoms with E-state index in [1.54, 1.807) is 0 Å². The van der Waals surface area contributed by atoms with Crippen molar-refractivity contribution in [3.8, 4) is 0 Å². The zero-order valence-corrected chi connectivity index (χ0v) is 13.4. The van der Waals surface area contributed by atoms with Crippen LogP contribution in [-0.4, -0.2) is 49.2 Å². The first-order valence-corrected chi connectivity index (χ1v) is 7.77. The van der Waals surface area contributed by atoms with Crippen molar-refractivity contribution in [3.63, 3.8) is 0 Å². The number of nitrogens with one attached hydrogen (secondary N) is 1. The topological polar surface area (TPSA) is 41.6 Å². The highest BCUT2D eigenvalue weighted by molar-refractivity contribution is 5.85. The lowest BCUT2D eigenvalue weighted by Gasteiger charge is -2.44. The molecule has 4 atom stereocenters. The molecular formula is C15H27ClN2O2. The smallest absolute Gasteiger partial charge is 0.230 e. The fraction of sp³-hybridized carbons (Fsp3) is 0.933. The summed E-state index contributed by atoms with van der Waals surface area (Å²) in [7, 11) is 0. The molecule has 0 aromatic rings. The summed E-state index contributed by atoms with van der Waals surface area (Å²) >= 11 is 0. The van der Waals surface area contributed by atoms with Crippen molar-refractivity contribution in [1.29, 1.82) is 0 Å². The summed E-state index contributed by atoms with van der Waals surface area (Å²) in [5, 5.41) is 3.47. The normalized spacial score (nSPS) is 40.9. The Morgan fingerprint density at radius 1 is 1.25 bits per heavy atom. The predicted molar refractivity (Wildman–Crippen MR) is 81.1 cm³/mol. The fourth-order valence-electron chi connectivity index (χ4n) is 4.33. The van der Waals surface area contributed by atoms with Crippen LogP contribution in [0.15, 0.2) is 0 Å². The number of nitrogens with zero attached hydrogens (tertiary/aromatic N) is 1. The quantitative estimate of drug-likeness (QED) is 0.803. The number of fused-ring (bicyclic) bond motifs is 1. The monoisotopic (exact) mass is 302 g/mol. The Balaban J connectivity index is 0.00000147. The molecule has 3 aliphatic rings. The van der Waals surface area contributed by atoms with E-state index < -0.39 is 0 Å². The van der Waals surface area contributed by atoms with E-state index in [0.29, 0.717) is 11.8 Å². The summed E-state index contributed by atoms with van der Waals surface area (Å²) in [6, 6.07) is 0. The van der Waals surface area contributed by atoms with E-state index in [4.69, 9.17) is 4.74 Å². The van der Waals surface area contributed by atoms with Crippen LogP contribution in [0.2, 0.25) is 0 Å². The number of hydrogen-bond acceptors (Lipinski definition) is 3. The van der Waals surface area contributed by atoms with Crippen LogP contribution in [0.1, 0.15) is 39.5 Å². The van der Waals surface area contributed by atoms with E-state index >= 15 is 0 Å². The maximum absolute atomic E-state index is 13.1. The van der Waals surface area contributed by atoms with E-state index in [-0.39, 0.29) is 30.0 Å². The average Bonchev–Trinajstić information content (AvgIpc) is 2.81. The molecule has 0 radical (unpaired) electrons. The number of carbonyl (C=O) groups is 1. The number of hydrogen-bond donors (Lipinski definition) is 1. The Morgan fingerprint density at radius 2 is 1.95 bits per heavy atom. The number of halogens is 1. The van der Waals surface area contributed by atoms with Gasteiger partial charge in [-0.05, 0) is 39.2 Å². The molecule has 4 nitrogen and oxygen atoms in total. The summed E-state index contributed by atoms with van der Waals surface area (Å²) < 4.78 is 5.75. The summed E-state index contributed by atoms with van der Waals surface area (Å²) in [6.07, 6.45) is 5.12. The molecule has 3 rings (SSSR count). The first-order valence-electron chi connectivity index (χ1n) is 7.77. The maximum Gasteiger partial charge on any atom is 0.230 e. The second-order valence-electron chi connectivity index (χ2n) is 6.70. The Labute approximate surface area is 128 Å². The van der Waals surface area contributed by atoms with Crippen molar-refractivity contribution in [2.24, 2.45) is 11.3 Å². The van der Waals surface area contributed by atoms with Crippen LogP contribution in [0.4, 0.5) is 0 Å². The number of amides is 1. The van der Waals surface area contributed by atoms with Gasteiger partial charge in [-0.1, -0.05) is 12.8 Å². The molecule has 20 heavy (non-hydrogen) atoms. The Kier molecular flexibility index (Phi) is 4.98. The summed E-state index contributed by atoms with van der Waals surface area (Å²) in [5.41, 5.74) is -0.102. The molecule has 2 unspecified atom stereocenters. The molecule has 1 N–H and O–H groups in total. The lowest BCUT2D eigenvalue weighted by atomic mass is 9.67. The van der Waals surface area contributed by atoms with Crippen LogP contribution < -0.4 is 5.32 Å². The van der Waals surface area contributed by atoms with Crippen LogP contribution in [0.3, 0.4) is 0 Å². The summed E-state index contributed by atoms with van der Waals surface area (Å²) in [5.74, 6) is 0.950. The Morgan fingerprint density at radius 3 is 2.65 bits per heavy atom. The van der Waals surface area contributed by atoms with Gasteiger partial charge in [0, 0.05) is 19.6 Å². The number of rotatable bonds is 1. The average molecular weight is 303 g/mol. The third-order valence-corrected chi connectivity index (χ3v) is 5.17. The minimum atomic E-state index is -0.102. The van der Waals surface area contributed by atoms with Gasteiger partial charge < -0.3 is 15.0 Å². The third-order valence-electron chi connectivity index (χ3n) is 5.17. The molecular weight excluding hydrogens is 276 g/mol. The zero-order valence-electron chi connectivity index (χ0n) is 12.6. The van der Waals surface area contributed by atoms with Crippen molar-refractivity contribution < 1.29 is 9.53 Å². The Bertz CT molecular complexity index is 356. The molecule has 1 aliphatic carbocycles. The number of morpholine rings is 1. The second kappa shape index (κ2) is 6.20. The van der Waals surface area contributed by atoms with Gasteiger partial charge in [-0.3, -0.25) is 4.79 Å². The first kappa shape index (κ1) is 16.1. The molecule has 0 spiro atoms. The van der Waals surface area contributed by atoms with E-state index in [9.17, 15) is 4.79 Å². The lowest BCUT2D eigenvalue weighted by molar-refractivity contribution is -0.156. The van der Waals surface area contributed by atoms with Gasteiger partial charge in [-0.15, -0.1) is 12.4 Å². The molecule has 5 heteroatoms. The van der Waals surface area contributed by atoms with Crippen LogP contribution in [0.5, 0.6) is 0 Å². The summed E-state index contributed by atoms with van der Waals surface area (Å²) in [4.78, 5) is 15.2. The molecule has 1 amide bonds. The maximum atomic E-state index is 13.1. The van der Waals surface area contributed by atoms with Crippen molar-refractivity contribution in [3.05, 3.63) is 0 Å². The van der Waals surface area contributed by atoms with Gasteiger partial charge in [-0.2, -0.15) is 0 Å². The van der Waals surface area contributed by atoms with E-state index in [0.717, 1.165) is 32.6 Å². The van der Waals surface area contributed by atoms with Gasteiger partial charge in [0.2, 0.25) is 5.91 Å². The van der Waals surface area contributed by atoms with E-state index in [2.05, 4.69) is 24.1 Å². The highest BCUT2D eigenvalue weighted by Crippen LogP contribution is 2.45. The molecule has 116 valence electrons. The molecule has 0 aromatic heterocycles. The number of ether oxygens (including phenoxy) is 1. The van der Waals surface area contributed by atoms with Gasteiger partial charge in [0.05, 0.1) is 17.6 Å². The summed E-state index contributed by atoms with van der Waals surface area (Å²) in [6.45, 7) is 7.57. The lowest BCUT2D eigenvalue weighted by Crippen LogP contribution is -2.56. The second-order valence-corrected chi connectivity index (χ2v) is 6.70. The van der Waals surface area contributed by atoms with Gasteiger partial charge >= 0.3 is 0 Å². The van der Waals surface area contributed by atoms with Crippen molar-refractivity contribution in [2.75, 3.05) is 26.2 Å². The van der Waals surface area contributed by atoms with Crippen molar-refractivity contribution >= 4 is 18.3 Å². The molecule has 2 saturated heterocycles. The van der Waals surface area contributed by atoms with E-state index in [1.165, 1.54) is 19.3 Å². The van der Waals surface area contributed by atoms with Gasteiger partial charge in [0.1, 0.15) is 0 Å². The SMILES string of the molecule is CC1CN(C(=O)[C@@]23CCCC[C@H]2CNC3)CC(C)O1.Cl. The zero-order chi connectivity index (χ0) is 13.5. The highest BCUT2D eigenvalue weighted by Gasteiger charge is 2.51. The van der Waals surface area contributed by atoms with Crippen LogP contribution in [0.25, 0.3) is 0 Å². The van der Waals surface area contributed by atoms with Gasteiger partial charge in [0.25, 0.3) is 0 Å². The van der Waals surface area contributed by atoms with Crippen LogP contribution >= 0.6 is 12.4 Å². The molecule has 1 saturated carbocycles. The van der Waals surface area contributed by atoms with Gasteiger partial charge in [0.15, 0.2) is 0 Å². The predicted octanol–water partition coefficient (Wildman–Crippen LogP) is 1.82. The molecule has 3 fully saturated rings. The molecule has 2 aliphatic heterocycles. The van der Waals surface area contributed by atoms with Crippen molar-refractivity contribution in [1.82, 2.24) is 10.2 Å². The first-order chi connectivity index (χ1) is 9.12. The fourth-order valence-corrected chi connectivity index (χ4v) is 4.33. The van der Waals surface area contributed by atoms with Crippen LogP contribution in [-0.2, 0) is 9.53 Å². The molecule has 0 aromatic carbocycles. The molecule has 0 bridgehead atoms. The third kappa shape index (κ3) is 2.70.